The van der Waals surface area contributed by atoms with Gasteiger partial charge >= 0.3 is 24.4 Å². The number of nitrogens with zero attached hydrogens (tertiary/aromatic N) is 12. The van der Waals surface area contributed by atoms with Gasteiger partial charge in [-0.25, -0.2) is 74.2 Å². The van der Waals surface area contributed by atoms with Gasteiger partial charge in [0.15, 0.2) is 23.3 Å². The number of rotatable bonds is 28. The van der Waals surface area contributed by atoms with Crippen molar-refractivity contribution in [2.45, 2.75) is 252 Å². The molecule has 12 heterocycles. The number of aromatic amines is 4. The van der Waals surface area contributed by atoms with Gasteiger partial charge < -0.3 is 118 Å². The minimum Gasteiger partial charge on any atom is -0.453 e. The third-order valence-electron chi connectivity index (χ3n) is 31.8. The number of amides is 8. The summed E-state index contributed by atoms with van der Waals surface area (Å²) in [5, 5.41) is 10.3. The van der Waals surface area contributed by atoms with Crippen LogP contribution in [0.3, 0.4) is 0 Å². The number of fused-ring (bicyclic) bond motifs is 4. The third-order valence-corrected chi connectivity index (χ3v) is 38.1. The lowest BCUT2D eigenvalue weighted by molar-refractivity contribution is -0.138. The number of hydrogen-bond donors (Lipinski definition) is 8. The number of methoxy groups -OCH3 is 8. The van der Waals surface area contributed by atoms with Crippen LogP contribution < -0.4 is 40.9 Å². The summed E-state index contributed by atoms with van der Waals surface area (Å²) in [6, 6.07) is 10.3. The first kappa shape index (κ1) is 108. The van der Waals surface area contributed by atoms with Crippen molar-refractivity contribution in [2.24, 2.45) is 0 Å². The van der Waals surface area contributed by atoms with Gasteiger partial charge in [-0.15, -0.1) is 0 Å². The maximum atomic E-state index is 16.9. The Balaban J connectivity index is 0.000000204. The molecule has 46 heteroatoms. The smallest absolute Gasteiger partial charge is 0.407 e. The van der Waals surface area contributed by atoms with Gasteiger partial charge in [-0.05, 0) is 177 Å². The summed E-state index contributed by atoms with van der Waals surface area (Å²) in [5.74, 6) is -5.69. The average Bonchev–Trinajstić information content (AvgIpc) is 1.55. The minimum atomic E-state index is -1.50. The van der Waals surface area contributed by atoms with E-state index in [0.717, 1.165) is 24.2 Å². The number of benzene rings is 6. The average molecular weight is 2130 g/mol. The van der Waals surface area contributed by atoms with Gasteiger partial charge in [-0.2, -0.15) is 0 Å². The number of H-pyrrole nitrogens is 4. The van der Waals surface area contributed by atoms with Crippen LogP contribution in [0, 0.1) is 46.5 Å². The summed E-state index contributed by atoms with van der Waals surface area (Å²) in [4.78, 5) is 151. The van der Waals surface area contributed by atoms with E-state index < -0.39 is 208 Å². The number of nitrogens with one attached hydrogen (secondary N) is 8. The number of aromatic nitrogens is 8. The van der Waals surface area contributed by atoms with E-state index in [0.29, 0.717) is 149 Å². The van der Waals surface area contributed by atoms with Crippen molar-refractivity contribution >= 4 is 131 Å². The van der Waals surface area contributed by atoms with Gasteiger partial charge in [0.25, 0.3) is 0 Å². The normalized spacial score (nSPS) is 22.4. The zero-order valence-corrected chi connectivity index (χ0v) is 89.1. The zero-order valence-electron chi connectivity index (χ0n) is 87.1. The molecule has 808 valence electrons. The van der Waals surface area contributed by atoms with Crippen LogP contribution >= 0.6 is 0 Å². The molecular formula is C104H132F8N20O16Si2. The molecule has 0 aliphatic carbocycles. The zero-order chi connectivity index (χ0) is 107. The molecule has 0 spiro atoms. The van der Waals surface area contributed by atoms with E-state index in [1.807, 2.05) is 0 Å². The van der Waals surface area contributed by atoms with E-state index in [2.05, 4.69) is 67.4 Å². The number of anilines is 4. The predicted octanol–water partition coefficient (Wildman–Crippen LogP) is 16.9. The van der Waals surface area contributed by atoms with Crippen molar-refractivity contribution in [2.75, 3.05) is 129 Å². The fourth-order valence-electron chi connectivity index (χ4n) is 22.9. The fourth-order valence-corrected chi connectivity index (χ4v) is 26.9. The molecular weight excluding hydrogens is 1990 g/mol. The molecule has 36 nitrogen and oxygen atoms in total. The molecule has 8 amide bonds. The SMILES string of the molecule is COC(=O)N[C@H](C(=O)N1CCC[C@H]1c1nc2cc(F)c([C@@H]3CC[C@@H](c4cc5[nH]c([C@@H]6CCCN6C(=O)[C@@H](NC(=O)OC)[C@@H](C)OC)nc5cc4F)N3c3cc(F)c(N4CC[Si](C)(C)CC4)c(F)c3)cc2[nH]1)[C@@H](C)OC.COC(=O)N[C@H](C(=O)N1CCC[C@H]1c1nc2cc(F)c([C@H]3CC[C@H](c4cc5[nH]c([C@@H]6CCCN6C(=O)[C@@H](NC(=O)OC)[C@@H](C)OC)nc5cc4F)N3c3cc(F)c(N4CC[Si](C)(C)CC4)c(F)c3)cc2[nH]1)[C@@H](C)OC. The number of carbonyl (C=O) groups excluding carboxylic acids is 8. The Labute approximate surface area is 864 Å². The Hall–Kier alpha value is -12.9. The molecule has 150 heavy (non-hydrogen) atoms. The first-order chi connectivity index (χ1) is 71.7. The van der Waals surface area contributed by atoms with Gasteiger partial charge in [-0.3, -0.25) is 19.2 Å². The summed E-state index contributed by atoms with van der Waals surface area (Å²) in [7, 11) is 7.52. The highest BCUT2D eigenvalue weighted by atomic mass is 28.3. The van der Waals surface area contributed by atoms with Gasteiger partial charge in [0, 0.05) is 139 Å². The summed E-state index contributed by atoms with van der Waals surface area (Å²) in [6.07, 6.45) is -0.294. The van der Waals surface area contributed by atoms with E-state index in [9.17, 15) is 38.4 Å². The maximum absolute atomic E-state index is 16.9. The highest BCUT2D eigenvalue weighted by Gasteiger charge is 2.49. The van der Waals surface area contributed by atoms with Crippen LogP contribution in [0.15, 0.2) is 72.8 Å². The predicted molar refractivity (Wildman–Crippen MR) is 548 cm³/mol. The van der Waals surface area contributed by atoms with E-state index >= 15 is 35.1 Å². The maximum Gasteiger partial charge on any atom is 0.407 e. The lowest BCUT2D eigenvalue weighted by Crippen LogP contribution is -2.54. The minimum absolute atomic E-state index is 0.101. The van der Waals surface area contributed by atoms with Crippen LogP contribution in [0.1, 0.15) is 199 Å². The molecule has 0 unspecified atom stereocenters. The fraction of sp³-hybridized carbons (Fsp3) is 0.538. The quantitative estimate of drug-likeness (QED) is 0.0128. The molecule has 16 atom stereocenters. The van der Waals surface area contributed by atoms with Crippen molar-refractivity contribution in [3.63, 3.8) is 0 Å². The van der Waals surface area contributed by atoms with Crippen molar-refractivity contribution in [1.29, 1.82) is 0 Å². The van der Waals surface area contributed by atoms with Crippen LogP contribution in [0.5, 0.6) is 0 Å². The molecule has 4 aromatic heterocycles. The first-order valence-electron chi connectivity index (χ1n) is 51.2. The van der Waals surface area contributed by atoms with E-state index in [-0.39, 0.29) is 92.8 Å². The Morgan fingerprint density at radius 3 is 0.720 bits per heavy atom. The molecule has 8 saturated heterocycles. The summed E-state index contributed by atoms with van der Waals surface area (Å²) in [5.41, 5.74) is 3.61. The lowest BCUT2D eigenvalue weighted by atomic mass is 10.0. The number of halogens is 8. The topological polar surface area (TPSA) is 399 Å². The largest absolute Gasteiger partial charge is 0.453 e. The Morgan fingerprint density at radius 2 is 0.520 bits per heavy atom. The molecule has 0 saturated carbocycles. The number of hydrogen-bond acceptors (Lipinski definition) is 24. The van der Waals surface area contributed by atoms with Crippen LogP contribution in [-0.2, 0) is 57.1 Å². The second-order valence-corrected chi connectivity index (χ2v) is 52.5. The Morgan fingerprint density at radius 1 is 0.307 bits per heavy atom. The highest BCUT2D eigenvalue weighted by Crippen LogP contribution is 2.54. The number of ether oxygens (including phenoxy) is 8. The molecule has 6 aromatic carbocycles. The van der Waals surface area contributed by atoms with Gasteiger partial charge in [0.2, 0.25) is 23.6 Å². The summed E-state index contributed by atoms with van der Waals surface area (Å²) >= 11 is 0. The van der Waals surface area contributed by atoms with Crippen LogP contribution in [-0.4, -0.2) is 281 Å². The van der Waals surface area contributed by atoms with Crippen LogP contribution in [0.25, 0.3) is 44.1 Å². The molecule has 8 N–H and O–H groups in total. The Kier molecular flexibility index (Phi) is 32.4. The van der Waals surface area contributed by atoms with E-state index in [1.165, 1.54) is 105 Å². The van der Waals surface area contributed by atoms with Gasteiger partial charge in [0.1, 0.15) is 82.1 Å². The van der Waals surface area contributed by atoms with Crippen LogP contribution in [0.4, 0.5) is 77.1 Å². The summed E-state index contributed by atoms with van der Waals surface area (Å²) < 4.78 is 175. The van der Waals surface area contributed by atoms with Crippen LogP contribution in [0.2, 0.25) is 50.4 Å². The standard InChI is InChI=1S/2C52H66F4N10O8Si/c2*1-27(71-3)44(61-51(69)73-5)49(67)64-15-9-11-42(64)47-57-36-23-30(32(53)25-38(36)59-47)40-13-14-41(66(40)29-21-34(55)46(35(56)22-29)63-17-19-75(7,8)20-18-63)31-24-37-39(26-33(31)54)60-48(58-37)43-12-10-16-65(43)50(68)45(28(2)72-4)62-52(70)74-6/h2*21-28,40-45H,9-20H2,1-8H3,(H,57,59)(H,58,60)(H,61,69)(H,62,70)/t27-,28-,40+,41+,42+,43+,44+,45+;27-,28-,40-,41-,42+,43+,44+,45+/m11/s1. The van der Waals surface area contributed by atoms with Crippen molar-refractivity contribution < 1.29 is 111 Å². The lowest BCUT2D eigenvalue weighted by Gasteiger charge is -2.38. The van der Waals surface area contributed by atoms with E-state index in [4.69, 9.17) is 57.8 Å². The second-order valence-electron chi connectivity index (χ2n) is 41.9. The molecule has 0 bridgehead atoms. The molecule has 8 aliphatic heterocycles. The highest BCUT2D eigenvalue weighted by molar-refractivity contribution is 6.78. The second kappa shape index (κ2) is 44.9. The molecule has 0 radical (unpaired) electrons. The number of likely N-dealkylation sites (tertiary alicyclic amines) is 4. The van der Waals surface area contributed by atoms with Gasteiger partial charge in [0.05, 0.1) is 161 Å². The van der Waals surface area contributed by atoms with E-state index in [1.54, 1.807) is 91.2 Å². The third kappa shape index (κ3) is 21.9. The molecule has 8 aliphatic rings. The van der Waals surface area contributed by atoms with Crippen molar-refractivity contribution in [1.82, 2.24) is 80.7 Å². The number of imidazole rings is 4. The van der Waals surface area contributed by atoms with Gasteiger partial charge in [-0.1, -0.05) is 26.2 Å². The molecule has 8 fully saturated rings. The summed E-state index contributed by atoms with van der Waals surface area (Å²) in [6.45, 7) is 19.2. The first-order valence-corrected chi connectivity index (χ1v) is 58.0. The van der Waals surface area contributed by atoms with Crippen molar-refractivity contribution in [3.8, 4) is 0 Å². The number of carbonyl (C=O) groups is 8. The number of alkyl carbamates (subject to hydrolysis) is 4. The molecule has 18 rings (SSSR count). The monoisotopic (exact) mass is 2120 g/mol. The Bertz CT molecular complexity index is 5970. The van der Waals surface area contributed by atoms with Crippen molar-refractivity contribution in [3.05, 3.63) is 165 Å². The molecule has 10 aromatic rings.